The highest BCUT2D eigenvalue weighted by Gasteiger charge is 2.29. The van der Waals surface area contributed by atoms with Crippen LogP contribution in [0.2, 0.25) is 5.02 Å². The van der Waals surface area contributed by atoms with Crippen LogP contribution in [0.15, 0.2) is 47.5 Å². The summed E-state index contributed by atoms with van der Waals surface area (Å²) in [5, 5.41) is 12.1. The second kappa shape index (κ2) is 6.84. The normalized spacial score (nSPS) is 16.2. The predicted molar refractivity (Wildman–Crippen MR) is 93.4 cm³/mol. The Morgan fingerprint density at radius 1 is 1.29 bits per heavy atom. The molecule has 6 heteroatoms. The average Bonchev–Trinajstić information content (AvgIpc) is 2.86. The van der Waals surface area contributed by atoms with Crippen molar-refractivity contribution in [1.29, 1.82) is 0 Å². The summed E-state index contributed by atoms with van der Waals surface area (Å²) in [4.78, 5) is 27.1. The lowest BCUT2D eigenvalue weighted by Gasteiger charge is -2.04. The third kappa shape index (κ3) is 3.63. The van der Waals surface area contributed by atoms with Gasteiger partial charge >= 0.3 is 5.97 Å². The summed E-state index contributed by atoms with van der Waals surface area (Å²) < 4.78 is 0. The standard InChI is InChI=1S/C18H15ClN2O3/c19-12-5-6-16-14(9-12)15(18(24)21-16)10-20-13-3-1-2-11(8-13)4-7-17(22)23/h1-3,5-6,8-10,15H,4,7H2,(H,21,24)(H,22,23). The number of benzene rings is 2. The minimum atomic E-state index is -0.833. The van der Waals surface area contributed by atoms with E-state index < -0.39 is 11.9 Å². The van der Waals surface area contributed by atoms with Crippen LogP contribution in [-0.2, 0) is 16.0 Å². The molecule has 1 unspecified atom stereocenters. The fraction of sp³-hybridized carbons (Fsp3) is 0.167. The van der Waals surface area contributed by atoms with E-state index in [4.69, 9.17) is 16.7 Å². The van der Waals surface area contributed by atoms with Gasteiger partial charge in [0.1, 0.15) is 5.92 Å². The Morgan fingerprint density at radius 2 is 2.12 bits per heavy atom. The zero-order chi connectivity index (χ0) is 17.1. The van der Waals surface area contributed by atoms with Crippen molar-refractivity contribution in [2.24, 2.45) is 4.99 Å². The number of rotatable bonds is 5. The number of nitrogens with one attached hydrogen (secondary N) is 1. The van der Waals surface area contributed by atoms with Crippen molar-refractivity contribution in [2.45, 2.75) is 18.8 Å². The van der Waals surface area contributed by atoms with Crippen LogP contribution in [0.3, 0.4) is 0 Å². The van der Waals surface area contributed by atoms with Gasteiger partial charge in [-0.3, -0.25) is 14.6 Å². The van der Waals surface area contributed by atoms with E-state index in [9.17, 15) is 9.59 Å². The molecule has 5 nitrogen and oxygen atoms in total. The fourth-order valence-electron chi connectivity index (χ4n) is 2.61. The maximum Gasteiger partial charge on any atom is 0.303 e. The molecule has 2 N–H and O–H groups in total. The Balaban J connectivity index is 1.79. The number of nitrogens with zero attached hydrogens (tertiary/aromatic N) is 1. The van der Waals surface area contributed by atoms with E-state index in [-0.39, 0.29) is 12.3 Å². The molecule has 0 saturated heterocycles. The number of aliphatic carboxylic acids is 1. The molecule has 2 aromatic carbocycles. The lowest BCUT2D eigenvalue weighted by Crippen LogP contribution is -2.12. The highest BCUT2D eigenvalue weighted by Crippen LogP contribution is 2.33. The van der Waals surface area contributed by atoms with Crippen LogP contribution in [0.25, 0.3) is 0 Å². The number of halogens is 1. The Bertz CT molecular complexity index is 833. The van der Waals surface area contributed by atoms with Crippen LogP contribution < -0.4 is 5.32 Å². The molecule has 1 atom stereocenters. The molecule has 0 fully saturated rings. The van der Waals surface area contributed by atoms with Crippen LogP contribution in [0.1, 0.15) is 23.5 Å². The summed E-state index contributed by atoms with van der Waals surface area (Å²) in [6.45, 7) is 0. The minimum absolute atomic E-state index is 0.0735. The number of hydrogen-bond acceptors (Lipinski definition) is 3. The van der Waals surface area contributed by atoms with Gasteiger partial charge in [-0.05, 0) is 47.9 Å². The first-order valence-electron chi connectivity index (χ1n) is 7.48. The summed E-state index contributed by atoms with van der Waals surface area (Å²) in [5.41, 5.74) is 3.13. The quantitative estimate of drug-likeness (QED) is 0.811. The highest BCUT2D eigenvalue weighted by molar-refractivity contribution is 6.31. The average molecular weight is 343 g/mol. The van der Waals surface area contributed by atoms with E-state index in [1.807, 2.05) is 24.3 Å². The second-order valence-corrected chi connectivity index (χ2v) is 5.98. The van der Waals surface area contributed by atoms with Crippen molar-refractivity contribution in [2.75, 3.05) is 5.32 Å². The van der Waals surface area contributed by atoms with Crippen LogP contribution in [0, 0.1) is 0 Å². The number of amides is 1. The summed E-state index contributed by atoms with van der Waals surface area (Å²) in [7, 11) is 0. The fourth-order valence-corrected chi connectivity index (χ4v) is 2.79. The van der Waals surface area contributed by atoms with Crippen LogP contribution in [0.5, 0.6) is 0 Å². The molecule has 1 heterocycles. The van der Waals surface area contributed by atoms with Crippen molar-refractivity contribution in [3.8, 4) is 0 Å². The third-order valence-corrected chi connectivity index (χ3v) is 4.03. The molecule has 0 spiro atoms. The minimum Gasteiger partial charge on any atom is -0.481 e. The van der Waals surface area contributed by atoms with E-state index in [2.05, 4.69) is 10.3 Å². The molecule has 0 bridgehead atoms. The molecular weight excluding hydrogens is 328 g/mol. The van der Waals surface area contributed by atoms with Gasteiger partial charge in [0.2, 0.25) is 5.91 Å². The third-order valence-electron chi connectivity index (χ3n) is 3.80. The molecule has 1 aliphatic heterocycles. The zero-order valence-electron chi connectivity index (χ0n) is 12.7. The molecule has 2 aromatic rings. The summed E-state index contributed by atoms with van der Waals surface area (Å²) in [6.07, 6.45) is 2.11. The lowest BCUT2D eigenvalue weighted by molar-refractivity contribution is -0.137. The van der Waals surface area contributed by atoms with Crippen LogP contribution in [-0.4, -0.2) is 23.2 Å². The molecule has 0 saturated carbocycles. The van der Waals surface area contributed by atoms with Crippen molar-refractivity contribution >= 4 is 41.1 Å². The number of aliphatic imine (C=N–C) groups is 1. The molecular formula is C18H15ClN2O3. The molecule has 0 radical (unpaired) electrons. The number of fused-ring (bicyclic) bond motifs is 1. The van der Waals surface area contributed by atoms with Gasteiger partial charge in [0.25, 0.3) is 0 Å². The number of carboxylic acids is 1. The number of carbonyl (C=O) groups excluding carboxylic acids is 1. The SMILES string of the molecule is O=C(O)CCc1cccc(N=CC2C(=O)Nc3ccc(Cl)cc32)c1. The van der Waals surface area contributed by atoms with Crippen molar-refractivity contribution in [1.82, 2.24) is 0 Å². The maximum absolute atomic E-state index is 12.1. The molecule has 1 amide bonds. The zero-order valence-corrected chi connectivity index (χ0v) is 13.5. The Labute approximate surface area is 144 Å². The van der Waals surface area contributed by atoms with Crippen molar-refractivity contribution in [3.05, 3.63) is 58.6 Å². The number of hydrogen-bond donors (Lipinski definition) is 2. The monoisotopic (exact) mass is 342 g/mol. The van der Waals surface area contributed by atoms with Crippen molar-refractivity contribution < 1.29 is 14.7 Å². The Hall–Kier alpha value is -2.66. The van der Waals surface area contributed by atoms with Crippen molar-refractivity contribution in [3.63, 3.8) is 0 Å². The first-order chi connectivity index (χ1) is 11.5. The van der Waals surface area contributed by atoms with Gasteiger partial charge < -0.3 is 10.4 Å². The largest absolute Gasteiger partial charge is 0.481 e. The maximum atomic E-state index is 12.1. The highest BCUT2D eigenvalue weighted by atomic mass is 35.5. The predicted octanol–water partition coefficient (Wildman–Crippen LogP) is 3.80. The number of aryl methyl sites for hydroxylation is 1. The number of anilines is 1. The number of carboxylic acid groups (broad SMARTS) is 1. The Morgan fingerprint density at radius 3 is 2.92 bits per heavy atom. The topological polar surface area (TPSA) is 78.8 Å². The van der Waals surface area contributed by atoms with E-state index in [1.165, 1.54) is 0 Å². The molecule has 122 valence electrons. The summed E-state index contributed by atoms with van der Waals surface area (Å²) in [5.74, 6) is -1.46. The van der Waals surface area contributed by atoms with Gasteiger partial charge in [-0.2, -0.15) is 0 Å². The first-order valence-corrected chi connectivity index (χ1v) is 7.86. The van der Waals surface area contributed by atoms with Gasteiger partial charge in [-0.15, -0.1) is 0 Å². The molecule has 24 heavy (non-hydrogen) atoms. The van der Waals surface area contributed by atoms with Gasteiger partial charge in [0.05, 0.1) is 5.69 Å². The van der Waals surface area contributed by atoms with Gasteiger partial charge in [0.15, 0.2) is 0 Å². The molecule has 0 aromatic heterocycles. The summed E-state index contributed by atoms with van der Waals surface area (Å²) in [6, 6.07) is 12.6. The lowest BCUT2D eigenvalue weighted by atomic mass is 10.0. The summed E-state index contributed by atoms with van der Waals surface area (Å²) >= 11 is 6.00. The smallest absolute Gasteiger partial charge is 0.303 e. The second-order valence-electron chi connectivity index (χ2n) is 5.54. The molecule has 0 aliphatic carbocycles. The first kappa shape index (κ1) is 16.2. The van der Waals surface area contributed by atoms with E-state index in [0.29, 0.717) is 17.1 Å². The Kier molecular flexibility index (Phi) is 4.62. The van der Waals surface area contributed by atoms with E-state index >= 15 is 0 Å². The van der Waals surface area contributed by atoms with Gasteiger partial charge in [0, 0.05) is 23.3 Å². The van der Waals surface area contributed by atoms with Crippen LogP contribution >= 0.6 is 11.6 Å². The van der Waals surface area contributed by atoms with E-state index in [1.54, 1.807) is 24.4 Å². The van der Waals surface area contributed by atoms with Gasteiger partial charge in [-0.1, -0.05) is 23.7 Å². The molecule has 1 aliphatic rings. The van der Waals surface area contributed by atoms with Gasteiger partial charge in [-0.25, -0.2) is 0 Å². The van der Waals surface area contributed by atoms with E-state index in [0.717, 1.165) is 16.8 Å². The van der Waals surface area contributed by atoms with Crippen LogP contribution in [0.4, 0.5) is 11.4 Å². The molecule has 3 rings (SSSR count). The number of carbonyl (C=O) groups is 2.